The molecule has 0 aromatic carbocycles. The number of hydrogen-bond acceptors (Lipinski definition) is 7. The summed E-state index contributed by atoms with van der Waals surface area (Å²) >= 11 is 0. The molecule has 7 nitrogen and oxygen atoms in total. The van der Waals surface area contributed by atoms with Crippen molar-refractivity contribution in [1.29, 1.82) is 0 Å². The molecule has 0 atom stereocenters. The Hall–Kier alpha value is -0.700. The zero-order valence-electron chi connectivity index (χ0n) is 17.8. The van der Waals surface area contributed by atoms with Crippen molar-refractivity contribution in [3.05, 3.63) is 11.8 Å². The third-order valence-electron chi connectivity index (χ3n) is 4.84. The molecule has 1 rings (SSSR count). The van der Waals surface area contributed by atoms with Crippen molar-refractivity contribution in [3.63, 3.8) is 0 Å². The van der Waals surface area contributed by atoms with Gasteiger partial charge < -0.3 is 4.89 Å². The van der Waals surface area contributed by atoms with Crippen LogP contribution < -0.4 is 0 Å². The Morgan fingerprint density at radius 1 is 0.857 bits per heavy atom. The van der Waals surface area contributed by atoms with Crippen LogP contribution in [0.2, 0.25) is 0 Å². The second-order valence-electron chi connectivity index (χ2n) is 7.32. The Morgan fingerprint density at radius 3 is 2.43 bits per heavy atom. The van der Waals surface area contributed by atoms with Gasteiger partial charge in [0.05, 0.1) is 19.8 Å². The fourth-order valence-electron chi connectivity index (χ4n) is 3.19. The molecule has 0 bridgehead atoms. The topological polar surface area (TPSA) is 64.6 Å². The summed E-state index contributed by atoms with van der Waals surface area (Å²) < 4.78 is 0. The van der Waals surface area contributed by atoms with E-state index in [1.54, 1.807) is 0 Å². The van der Waals surface area contributed by atoms with Gasteiger partial charge in [-0.25, -0.2) is 9.78 Å². The van der Waals surface area contributed by atoms with Crippen molar-refractivity contribution >= 4 is 0 Å². The van der Waals surface area contributed by atoms with E-state index in [9.17, 15) is 0 Å². The molecule has 0 aromatic heterocycles. The van der Waals surface area contributed by atoms with E-state index in [-0.39, 0.29) is 6.10 Å². The monoisotopic (exact) mass is 404 g/mol. The van der Waals surface area contributed by atoms with Gasteiger partial charge in [0.2, 0.25) is 0 Å². The lowest BCUT2D eigenvalue weighted by Crippen LogP contribution is -2.17. The van der Waals surface area contributed by atoms with E-state index in [1.807, 2.05) is 0 Å². The van der Waals surface area contributed by atoms with Crippen LogP contribution in [-0.2, 0) is 34.7 Å². The highest BCUT2D eigenvalue weighted by Crippen LogP contribution is 2.20. The van der Waals surface area contributed by atoms with E-state index in [2.05, 4.69) is 33.0 Å². The first-order chi connectivity index (χ1) is 13.9. The zero-order valence-corrected chi connectivity index (χ0v) is 17.8. The van der Waals surface area contributed by atoms with Gasteiger partial charge in [0, 0.05) is 6.42 Å². The van der Waals surface area contributed by atoms with Gasteiger partial charge in [-0.15, -0.1) is 0 Å². The smallest absolute Gasteiger partial charge is 0.141 e. The van der Waals surface area contributed by atoms with Gasteiger partial charge in [-0.05, 0) is 59.7 Å². The zero-order chi connectivity index (χ0) is 20.1. The second-order valence-corrected chi connectivity index (χ2v) is 7.32. The van der Waals surface area contributed by atoms with Crippen molar-refractivity contribution < 1.29 is 34.7 Å². The van der Waals surface area contributed by atoms with Crippen LogP contribution in [0.1, 0.15) is 103 Å². The summed E-state index contributed by atoms with van der Waals surface area (Å²) in [5, 5.41) is 13.9. The lowest BCUT2D eigenvalue weighted by molar-refractivity contribution is -0.642. The first kappa shape index (κ1) is 25.3. The fourth-order valence-corrected chi connectivity index (χ4v) is 3.19. The molecule has 1 fully saturated rings. The summed E-state index contributed by atoms with van der Waals surface area (Å²) in [6.45, 7) is 2.65. The average Bonchev–Trinajstić information content (AvgIpc) is 2.73. The minimum Gasteiger partial charge on any atom is -0.313 e. The van der Waals surface area contributed by atoms with Crippen molar-refractivity contribution in [2.24, 2.45) is 0 Å². The van der Waals surface area contributed by atoms with E-state index in [1.165, 1.54) is 64.9 Å². The predicted octanol–water partition coefficient (Wildman–Crippen LogP) is 6.44. The fraction of sp³-hybridized carbons (Fsp3) is 0.905. The van der Waals surface area contributed by atoms with Gasteiger partial charge >= 0.3 is 0 Å². The summed E-state index contributed by atoms with van der Waals surface area (Å²) in [7, 11) is 1.42. The first-order valence-electron chi connectivity index (χ1n) is 11.0. The molecule has 1 aliphatic carbocycles. The number of hydrogen-bond donors (Lipinski definition) is 0. The molecule has 1 saturated carbocycles. The van der Waals surface area contributed by atoms with E-state index >= 15 is 0 Å². The maximum absolute atomic E-state index is 5.17. The summed E-state index contributed by atoms with van der Waals surface area (Å²) in [4.78, 5) is 19.8. The van der Waals surface area contributed by atoms with Crippen LogP contribution in [0.5, 0.6) is 0 Å². The Balaban J connectivity index is 1.99. The van der Waals surface area contributed by atoms with E-state index in [4.69, 9.17) is 14.7 Å². The highest BCUT2D eigenvalue weighted by atomic mass is 17.7. The third kappa shape index (κ3) is 15.2. The molecule has 0 spiro atoms. The summed E-state index contributed by atoms with van der Waals surface area (Å²) in [5.74, 6) is 0.785. The van der Waals surface area contributed by atoms with Gasteiger partial charge in [0.15, 0.2) is 0 Å². The molecule has 0 heterocycles. The lowest BCUT2D eigenvalue weighted by Gasteiger charge is -2.18. The van der Waals surface area contributed by atoms with Crippen LogP contribution in [0, 0.1) is 0 Å². The Labute approximate surface area is 170 Å². The number of unbranched alkanes of at least 4 members (excludes halogenated alkanes) is 7. The normalized spacial score (nSPS) is 15.9. The maximum Gasteiger partial charge on any atom is 0.141 e. The Bertz CT molecular complexity index is 357. The number of rotatable bonds is 19. The SMILES string of the molecule is CCCCCCCCC=C(CCCCOOOOC1CCCCC1)OOOC. The summed E-state index contributed by atoms with van der Waals surface area (Å²) in [5.41, 5.74) is 0. The van der Waals surface area contributed by atoms with Crippen molar-refractivity contribution in [1.82, 2.24) is 0 Å². The van der Waals surface area contributed by atoms with Crippen molar-refractivity contribution in [3.8, 4) is 0 Å². The molecule has 0 unspecified atom stereocenters. The van der Waals surface area contributed by atoms with Gasteiger partial charge in [-0.1, -0.05) is 58.3 Å². The molecule has 28 heavy (non-hydrogen) atoms. The molecule has 0 aromatic rings. The molecule has 0 aliphatic heterocycles. The molecule has 0 N–H and O–H groups in total. The van der Waals surface area contributed by atoms with Crippen molar-refractivity contribution in [2.45, 2.75) is 109 Å². The van der Waals surface area contributed by atoms with Crippen LogP contribution in [0.15, 0.2) is 11.8 Å². The molecule has 0 saturated heterocycles. The summed E-state index contributed by atoms with van der Waals surface area (Å²) in [6.07, 6.45) is 18.9. The highest BCUT2D eigenvalue weighted by molar-refractivity contribution is 4.91. The molecule has 7 heteroatoms. The lowest BCUT2D eigenvalue weighted by atomic mass is 9.98. The van der Waals surface area contributed by atoms with Gasteiger partial charge in [0.1, 0.15) is 5.76 Å². The van der Waals surface area contributed by atoms with E-state index in [0.29, 0.717) is 6.61 Å². The van der Waals surface area contributed by atoms with Crippen LogP contribution in [0.3, 0.4) is 0 Å². The van der Waals surface area contributed by atoms with Crippen LogP contribution >= 0.6 is 0 Å². The van der Waals surface area contributed by atoms with Gasteiger partial charge in [-0.2, -0.15) is 4.89 Å². The molecule has 1 aliphatic rings. The molecular formula is C21H40O7. The van der Waals surface area contributed by atoms with E-state index in [0.717, 1.165) is 44.3 Å². The second kappa shape index (κ2) is 19.6. The van der Waals surface area contributed by atoms with Crippen LogP contribution in [0.4, 0.5) is 0 Å². The largest absolute Gasteiger partial charge is 0.313 e. The maximum atomic E-state index is 5.17. The Kier molecular flexibility index (Phi) is 17.7. The molecule has 0 radical (unpaired) electrons. The average molecular weight is 405 g/mol. The number of allylic oxidation sites excluding steroid dienone is 2. The van der Waals surface area contributed by atoms with Crippen LogP contribution in [0.25, 0.3) is 0 Å². The quantitative estimate of drug-likeness (QED) is 0.106. The van der Waals surface area contributed by atoms with Crippen LogP contribution in [-0.4, -0.2) is 19.8 Å². The highest BCUT2D eigenvalue weighted by Gasteiger charge is 2.15. The van der Waals surface area contributed by atoms with Gasteiger partial charge in [0.25, 0.3) is 0 Å². The third-order valence-corrected chi connectivity index (χ3v) is 4.84. The Morgan fingerprint density at radius 2 is 1.64 bits per heavy atom. The minimum absolute atomic E-state index is 0.120. The molecular weight excluding hydrogens is 364 g/mol. The van der Waals surface area contributed by atoms with E-state index < -0.39 is 0 Å². The standard InChI is InChI=1S/C21H40O7/c1-3-4-5-6-7-8-10-15-20(24-26-22-2)18-13-14-19-23-27-28-25-21-16-11-9-12-17-21/h15,21H,3-14,16-19H2,1-2H3. The predicted molar refractivity (Wildman–Crippen MR) is 105 cm³/mol. The summed E-state index contributed by atoms with van der Waals surface area (Å²) in [6, 6.07) is 0. The first-order valence-corrected chi connectivity index (χ1v) is 11.0. The van der Waals surface area contributed by atoms with Crippen molar-refractivity contribution in [2.75, 3.05) is 13.7 Å². The minimum atomic E-state index is 0.120. The van der Waals surface area contributed by atoms with Gasteiger partial charge in [-0.3, -0.25) is 0 Å². The molecule has 0 amide bonds. The molecule has 166 valence electrons.